The zero-order chi connectivity index (χ0) is 26.2. The molecule has 1 amide bonds. The van der Waals surface area contributed by atoms with E-state index in [2.05, 4.69) is 25.2 Å². The molecule has 1 aromatic carbocycles. The van der Waals surface area contributed by atoms with Crippen molar-refractivity contribution < 1.29 is 22.8 Å². The van der Waals surface area contributed by atoms with Crippen molar-refractivity contribution in [2.24, 2.45) is 17.0 Å². The van der Waals surface area contributed by atoms with Gasteiger partial charge >= 0.3 is 6.18 Å². The van der Waals surface area contributed by atoms with Crippen LogP contribution in [0.25, 0.3) is 5.95 Å². The molecule has 0 bridgehead atoms. The maximum Gasteiger partial charge on any atom is 0.416 e. The minimum absolute atomic E-state index is 0.0114. The number of oxime groups is 1. The molecule has 12 heteroatoms. The molecule has 3 aromatic rings. The van der Waals surface area contributed by atoms with Gasteiger partial charge in [-0.15, -0.1) is 0 Å². The molecule has 5 rings (SSSR count). The minimum Gasteiger partial charge on any atom is -0.399 e. The van der Waals surface area contributed by atoms with Gasteiger partial charge in [-0.3, -0.25) is 4.79 Å². The number of amides is 1. The summed E-state index contributed by atoms with van der Waals surface area (Å²) < 4.78 is 43.1. The van der Waals surface area contributed by atoms with Crippen molar-refractivity contribution in [2.45, 2.75) is 44.8 Å². The molecule has 0 radical (unpaired) electrons. The van der Waals surface area contributed by atoms with Crippen LogP contribution in [-0.4, -0.2) is 54.9 Å². The molecule has 2 saturated carbocycles. The Hall–Kier alpha value is -3.83. The first kappa shape index (κ1) is 24.8. The average molecular weight is 514 g/mol. The SMILES string of the molecule is CON=C(c1cc(C(=O)N(CC2CC2)C(C)c2ncnn2-c2ncccn2)cc(C(F)(F)F)c1)C1CC1. The molecule has 2 aliphatic rings. The molecule has 2 fully saturated rings. The average Bonchev–Trinajstić information content (AvgIpc) is 3.83. The zero-order valence-corrected chi connectivity index (χ0v) is 20.4. The summed E-state index contributed by atoms with van der Waals surface area (Å²) in [6.45, 7) is 2.16. The number of halogens is 3. The van der Waals surface area contributed by atoms with E-state index < -0.39 is 23.7 Å². The van der Waals surface area contributed by atoms with E-state index in [1.165, 1.54) is 24.2 Å². The van der Waals surface area contributed by atoms with Crippen LogP contribution in [0.2, 0.25) is 0 Å². The number of aromatic nitrogens is 5. The van der Waals surface area contributed by atoms with Crippen molar-refractivity contribution in [3.05, 3.63) is 65.5 Å². The van der Waals surface area contributed by atoms with Gasteiger partial charge in [0.05, 0.1) is 17.3 Å². The summed E-state index contributed by atoms with van der Waals surface area (Å²) in [6.07, 6.45) is 3.35. The van der Waals surface area contributed by atoms with Crippen LogP contribution in [0.3, 0.4) is 0 Å². The highest BCUT2D eigenvalue weighted by atomic mass is 19.4. The molecule has 0 saturated heterocycles. The highest BCUT2D eigenvalue weighted by Crippen LogP contribution is 2.38. The topological polar surface area (TPSA) is 98.4 Å². The van der Waals surface area contributed by atoms with Gasteiger partial charge < -0.3 is 9.74 Å². The molecule has 9 nitrogen and oxygen atoms in total. The summed E-state index contributed by atoms with van der Waals surface area (Å²) in [5.41, 5.74) is -0.311. The van der Waals surface area contributed by atoms with Crippen LogP contribution in [0, 0.1) is 11.8 Å². The van der Waals surface area contributed by atoms with Crippen LogP contribution in [0.5, 0.6) is 0 Å². The van der Waals surface area contributed by atoms with E-state index in [1.54, 1.807) is 30.3 Å². The predicted octanol–water partition coefficient (Wildman–Crippen LogP) is 4.45. The molecular weight excluding hydrogens is 487 g/mol. The summed E-state index contributed by atoms with van der Waals surface area (Å²) >= 11 is 0. The minimum atomic E-state index is -4.63. The van der Waals surface area contributed by atoms with Gasteiger partial charge in [0.15, 0.2) is 5.82 Å². The first-order valence-corrected chi connectivity index (χ1v) is 12.1. The Morgan fingerprint density at radius 2 is 1.84 bits per heavy atom. The number of hydrogen-bond acceptors (Lipinski definition) is 7. The molecule has 2 aliphatic carbocycles. The van der Waals surface area contributed by atoms with Crippen LogP contribution in [0.1, 0.15) is 66.0 Å². The van der Waals surface area contributed by atoms with Crippen molar-refractivity contribution in [2.75, 3.05) is 13.7 Å². The molecule has 0 spiro atoms. The van der Waals surface area contributed by atoms with E-state index in [1.807, 2.05) is 0 Å². The Kier molecular flexibility index (Phi) is 6.65. The fourth-order valence-corrected chi connectivity index (χ4v) is 4.27. The third kappa shape index (κ3) is 5.47. The Balaban J connectivity index is 1.54. The van der Waals surface area contributed by atoms with E-state index in [4.69, 9.17) is 4.84 Å². The number of hydrogen-bond donors (Lipinski definition) is 0. The number of alkyl halides is 3. The molecule has 1 unspecified atom stereocenters. The van der Waals surface area contributed by atoms with Crippen molar-refractivity contribution in [1.29, 1.82) is 0 Å². The second-order valence-electron chi connectivity index (χ2n) is 9.39. The summed E-state index contributed by atoms with van der Waals surface area (Å²) in [5.74, 6) is 0.456. The fourth-order valence-electron chi connectivity index (χ4n) is 4.27. The number of carbonyl (C=O) groups excluding carboxylic acids is 1. The highest BCUT2D eigenvalue weighted by molar-refractivity contribution is 6.05. The monoisotopic (exact) mass is 513 g/mol. The quantitative estimate of drug-likeness (QED) is 0.310. The lowest BCUT2D eigenvalue weighted by atomic mass is 9.98. The number of carbonyl (C=O) groups is 1. The molecule has 194 valence electrons. The van der Waals surface area contributed by atoms with Crippen LogP contribution in [0.15, 0.2) is 48.1 Å². The van der Waals surface area contributed by atoms with Gasteiger partial charge in [-0.25, -0.2) is 15.0 Å². The van der Waals surface area contributed by atoms with Crippen LogP contribution >= 0.6 is 0 Å². The largest absolute Gasteiger partial charge is 0.416 e. The predicted molar refractivity (Wildman–Crippen MR) is 127 cm³/mol. The Bertz CT molecular complexity index is 1300. The molecular formula is C25H26F3N7O2. The zero-order valence-electron chi connectivity index (χ0n) is 20.4. The summed E-state index contributed by atoms with van der Waals surface area (Å²) in [4.78, 5) is 33.1. The second-order valence-corrected chi connectivity index (χ2v) is 9.39. The van der Waals surface area contributed by atoms with Gasteiger partial charge in [0.2, 0.25) is 0 Å². The number of rotatable bonds is 9. The number of benzene rings is 1. The van der Waals surface area contributed by atoms with Gasteiger partial charge in [0.25, 0.3) is 11.9 Å². The summed E-state index contributed by atoms with van der Waals surface area (Å²) in [7, 11) is 1.35. The Morgan fingerprint density at radius 1 is 1.14 bits per heavy atom. The maximum atomic E-state index is 13.9. The Morgan fingerprint density at radius 3 is 2.46 bits per heavy atom. The second kappa shape index (κ2) is 9.91. The smallest absolute Gasteiger partial charge is 0.399 e. The van der Waals surface area contributed by atoms with Crippen molar-refractivity contribution >= 4 is 11.6 Å². The van der Waals surface area contributed by atoms with Crippen LogP contribution in [-0.2, 0) is 11.0 Å². The summed E-state index contributed by atoms with van der Waals surface area (Å²) in [6, 6.07) is 4.48. The van der Waals surface area contributed by atoms with Gasteiger partial charge in [-0.05, 0) is 62.8 Å². The van der Waals surface area contributed by atoms with Gasteiger partial charge in [-0.2, -0.15) is 23.0 Å². The van der Waals surface area contributed by atoms with Crippen LogP contribution < -0.4 is 0 Å². The molecule has 0 aliphatic heterocycles. The Labute approximate surface area is 211 Å². The standard InChI is InChI=1S/C25H26F3N7O2/c1-15(22-31-14-32-35(22)24-29-8-3-9-30-24)34(13-16-4-5-16)23(36)19-10-18(11-20(12-19)25(26,27)28)21(33-37-2)17-6-7-17/h3,8-12,14-17H,4-7,13H2,1-2H3. The first-order valence-electron chi connectivity index (χ1n) is 12.1. The molecule has 2 aromatic heterocycles. The lowest BCUT2D eigenvalue weighted by Crippen LogP contribution is -2.37. The van der Waals surface area contributed by atoms with Gasteiger partial charge in [-0.1, -0.05) is 5.16 Å². The fraction of sp³-hybridized carbons (Fsp3) is 0.440. The molecule has 1 atom stereocenters. The molecule has 37 heavy (non-hydrogen) atoms. The molecule has 2 heterocycles. The van der Waals surface area contributed by atoms with Crippen molar-refractivity contribution in [3.63, 3.8) is 0 Å². The summed E-state index contributed by atoms with van der Waals surface area (Å²) in [5, 5.41) is 8.20. The number of nitrogens with zero attached hydrogens (tertiary/aromatic N) is 7. The highest BCUT2D eigenvalue weighted by Gasteiger charge is 2.37. The van der Waals surface area contributed by atoms with E-state index in [-0.39, 0.29) is 28.9 Å². The van der Waals surface area contributed by atoms with E-state index in [0.717, 1.165) is 37.8 Å². The van der Waals surface area contributed by atoms with Crippen molar-refractivity contribution in [1.82, 2.24) is 29.6 Å². The van der Waals surface area contributed by atoms with E-state index in [9.17, 15) is 18.0 Å². The van der Waals surface area contributed by atoms with Crippen molar-refractivity contribution in [3.8, 4) is 5.95 Å². The maximum absolute atomic E-state index is 13.9. The van der Waals surface area contributed by atoms with Gasteiger partial charge in [0.1, 0.15) is 13.4 Å². The normalized spacial score (nSPS) is 16.9. The third-order valence-corrected chi connectivity index (χ3v) is 6.53. The first-order chi connectivity index (χ1) is 17.8. The third-order valence-electron chi connectivity index (χ3n) is 6.53. The van der Waals surface area contributed by atoms with Crippen LogP contribution in [0.4, 0.5) is 13.2 Å². The lowest BCUT2D eigenvalue weighted by Gasteiger charge is -2.29. The van der Waals surface area contributed by atoms with Gasteiger partial charge in [0, 0.05) is 36.0 Å². The van der Waals surface area contributed by atoms with E-state index in [0.29, 0.717) is 18.1 Å². The van der Waals surface area contributed by atoms with E-state index >= 15 is 0 Å². The lowest BCUT2D eigenvalue weighted by molar-refractivity contribution is -0.137. The molecule has 0 N–H and O–H groups in total.